The standard InChI is InChI=1S/C23H21N5O4/c1-12-20(25-14(3)21(12)28(31)32)11-17-16-10-15(7-8-19(16)27-23(17)30)22(29)26-13(2)18-6-4-5-9-24-18/h4-11,13,25H,1-3H3,(H,26,29)(H,27,30). The number of nitrogens with zero attached hydrogens (tertiary/aromatic N) is 2. The highest BCUT2D eigenvalue weighted by Gasteiger charge is 2.27. The molecule has 2 amide bonds. The van der Waals surface area contributed by atoms with Crippen LogP contribution >= 0.6 is 0 Å². The quantitative estimate of drug-likeness (QED) is 0.320. The van der Waals surface area contributed by atoms with E-state index in [9.17, 15) is 19.7 Å². The van der Waals surface area contributed by atoms with E-state index in [1.807, 2.05) is 19.1 Å². The maximum atomic E-state index is 12.8. The Morgan fingerprint density at radius 2 is 2.03 bits per heavy atom. The lowest BCUT2D eigenvalue weighted by Gasteiger charge is -2.13. The summed E-state index contributed by atoms with van der Waals surface area (Å²) in [5.41, 5.74) is 3.91. The number of amides is 2. The molecule has 0 saturated carbocycles. The summed E-state index contributed by atoms with van der Waals surface area (Å²) in [4.78, 5) is 43.5. The first-order valence-electron chi connectivity index (χ1n) is 9.99. The summed E-state index contributed by atoms with van der Waals surface area (Å²) in [6, 6.07) is 10.1. The molecule has 0 fully saturated rings. The van der Waals surface area contributed by atoms with Gasteiger partial charge in [-0.2, -0.15) is 0 Å². The van der Waals surface area contributed by atoms with Crippen molar-refractivity contribution < 1.29 is 14.5 Å². The summed E-state index contributed by atoms with van der Waals surface area (Å²) in [6.07, 6.45) is 3.24. The Bertz CT molecular complexity index is 1280. The molecule has 2 aromatic heterocycles. The van der Waals surface area contributed by atoms with Crippen LogP contribution in [0.15, 0.2) is 42.6 Å². The van der Waals surface area contributed by atoms with E-state index in [-0.39, 0.29) is 23.5 Å². The van der Waals surface area contributed by atoms with E-state index in [4.69, 9.17) is 0 Å². The number of carbonyl (C=O) groups is 2. The number of benzene rings is 1. The summed E-state index contributed by atoms with van der Waals surface area (Å²) in [5, 5.41) is 17.0. The van der Waals surface area contributed by atoms with Gasteiger partial charge in [-0.15, -0.1) is 0 Å². The van der Waals surface area contributed by atoms with Crippen molar-refractivity contribution in [3.8, 4) is 0 Å². The van der Waals surface area contributed by atoms with Crippen molar-refractivity contribution in [2.24, 2.45) is 0 Å². The number of aromatic nitrogens is 2. The lowest BCUT2D eigenvalue weighted by Crippen LogP contribution is -2.27. The van der Waals surface area contributed by atoms with Crippen molar-refractivity contribution in [3.05, 3.63) is 86.5 Å². The van der Waals surface area contributed by atoms with Crippen molar-refractivity contribution in [2.45, 2.75) is 26.8 Å². The van der Waals surface area contributed by atoms with E-state index < -0.39 is 4.92 Å². The number of anilines is 1. The van der Waals surface area contributed by atoms with Crippen molar-refractivity contribution >= 4 is 34.8 Å². The van der Waals surface area contributed by atoms with Crippen molar-refractivity contribution in [1.82, 2.24) is 15.3 Å². The first kappa shape index (κ1) is 21.0. The molecule has 3 heterocycles. The second kappa shape index (κ2) is 8.10. The number of H-pyrrole nitrogens is 1. The van der Waals surface area contributed by atoms with E-state index in [0.717, 1.165) is 5.69 Å². The van der Waals surface area contributed by atoms with E-state index >= 15 is 0 Å². The van der Waals surface area contributed by atoms with Crippen molar-refractivity contribution in [1.29, 1.82) is 0 Å². The van der Waals surface area contributed by atoms with Crippen molar-refractivity contribution in [2.75, 3.05) is 5.32 Å². The molecule has 3 aromatic rings. The molecule has 1 atom stereocenters. The van der Waals surface area contributed by atoms with Crippen LogP contribution in [0.2, 0.25) is 0 Å². The van der Waals surface area contributed by atoms with Gasteiger partial charge in [0.2, 0.25) is 0 Å². The number of carbonyl (C=O) groups excluding carboxylic acids is 2. The second-order valence-corrected chi connectivity index (χ2v) is 7.62. The highest BCUT2D eigenvalue weighted by atomic mass is 16.6. The number of nitro groups is 1. The molecule has 1 unspecified atom stereocenters. The summed E-state index contributed by atoms with van der Waals surface area (Å²) in [5.74, 6) is -0.638. The van der Waals surface area contributed by atoms with Crippen LogP contribution in [0, 0.1) is 24.0 Å². The van der Waals surface area contributed by atoms with Crippen LogP contribution in [0.25, 0.3) is 11.6 Å². The lowest BCUT2D eigenvalue weighted by atomic mass is 10.0. The van der Waals surface area contributed by atoms with Crippen LogP contribution < -0.4 is 10.6 Å². The predicted octanol–water partition coefficient (Wildman–Crippen LogP) is 3.92. The molecule has 1 aromatic carbocycles. The SMILES string of the molecule is Cc1[nH]c(C=C2C(=O)Nc3ccc(C(=O)NC(C)c4ccccn4)cc32)c(C)c1[N+](=O)[O-]. The molecule has 0 bridgehead atoms. The summed E-state index contributed by atoms with van der Waals surface area (Å²) in [7, 11) is 0. The van der Waals surface area contributed by atoms with Gasteiger partial charge in [0.1, 0.15) is 0 Å². The highest BCUT2D eigenvalue weighted by molar-refractivity contribution is 6.35. The number of aromatic amines is 1. The van der Waals surface area contributed by atoms with Crippen LogP contribution in [0.4, 0.5) is 11.4 Å². The van der Waals surface area contributed by atoms with Crippen LogP contribution in [0.1, 0.15) is 51.5 Å². The molecule has 0 saturated heterocycles. The largest absolute Gasteiger partial charge is 0.353 e. The van der Waals surface area contributed by atoms with Crippen LogP contribution in [-0.2, 0) is 4.79 Å². The maximum Gasteiger partial charge on any atom is 0.293 e. The van der Waals surface area contributed by atoms with E-state index in [1.165, 1.54) is 0 Å². The average Bonchev–Trinajstić information content (AvgIpc) is 3.23. The molecule has 0 radical (unpaired) electrons. The summed E-state index contributed by atoms with van der Waals surface area (Å²) in [6.45, 7) is 5.08. The molecule has 32 heavy (non-hydrogen) atoms. The van der Waals surface area contributed by atoms with E-state index in [1.54, 1.807) is 50.4 Å². The Balaban J connectivity index is 1.66. The molecule has 0 spiro atoms. The zero-order valence-electron chi connectivity index (χ0n) is 17.7. The van der Waals surface area contributed by atoms with Gasteiger partial charge in [0.05, 0.1) is 33.5 Å². The second-order valence-electron chi connectivity index (χ2n) is 7.62. The number of pyridine rings is 1. The molecule has 1 aliphatic rings. The molecule has 9 heteroatoms. The molecular formula is C23H21N5O4. The Morgan fingerprint density at radius 1 is 1.25 bits per heavy atom. The number of rotatable bonds is 5. The third-order valence-electron chi connectivity index (χ3n) is 5.45. The number of fused-ring (bicyclic) bond motifs is 1. The van der Waals surface area contributed by atoms with E-state index in [0.29, 0.717) is 39.3 Å². The van der Waals surface area contributed by atoms with Gasteiger partial charge >= 0.3 is 0 Å². The zero-order chi connectivity index (χ0) is 23.0. The van der Waals surface area contributed by atoms with Gasteiger partial charge in [0.25, 0.3) is 17.5 Å². The first-order valence-corrected chi connectivity index (χ1v) is 9.99. The molecule has 0 aliphatic carbocycles. The maximum absolute atomic E-state index is 12.8. The Hall–Kier alpha value is -4.27. The van der Waals surface area contributed by atoms with Crippen LogP contribution in [0.3, 0.4) is 0 Å². The third kappa shape index (κ3) is 3.76. The highest BCUT2D eigenvalue weighted by Crippen LogP contribution is 2.35. The normalized spacial score (nSPS) is 14.7. The van der Waals surface area contributed by atoms with Crippen LogP contribution in [-0.4, -0.2) is 26.7 Å². The number of aryl methyl sites for hydroxylation is 1. The summed E-state index contributed by atoms with van der Waals surface area (Å²) >= 11 is 0. The van der Waals surface area contributed by atoms with Crippen LogP contribution in [0.5, 0.6) is 0 Å². The van der Waals surface area contributed by atoms with Crippen molar-refractivity contribution in [3.63, 3.8) is 0 Å². The predicted molar refractivity (Wildman–Crippen MR) is 120 cm³/mol. The Kier molecular flexibility index (Phi) is 5.31. The van der Waals surface area contributed by atoms with Gasteiger partial charge in [-0.25, -0.2) is 0 Å². The minimum atomic E-state index is -0.447. The monoisotopic (exact) mass is 431 g/mol. The van der Waals surface area contributed by atoms with Gasteiger partial charge < -0.3 is 15.6 Å². The number of hydrogen-bond donors (Lipinski definition) is 3. The fourth-order valence-corrected chi connectivity index (χ4v) is 3.78. The number of hydrogen-bond acceptors (Lipinski definition) is 5. The van der Waals surface area contributed by atoms with Gasteiger partial charge in [0.15, 0.2) is 0 Å². The molecule has 3 N–H and O–H groups in total. The van der Waals surface area contributed by atoms with Gasteiger partial charge in [0, 0.05) is 28.7 Å². The topological polar surface area (TPSA) is 130 Å². The Labute approximate surface area is 183 Å². The first-order chi connectivity index (χ1) is 15.3. The molecule has 4 rings (SSSR count). The van der Waals surface area contributed by atoms with Gasteiger partial charge in [-0.1, -0.05) is 6.07 Å². The Morgan fingerprint density at radius 3 is 2.69 bits per heavy atom. The molecular weight excluding hydrogens is 410 g/mol. The van der Waals surface area contributed by atoms with Gasteiger partial charge in [-0.3, -0.25) is 24.7 Å². The average molecular weight is 431 g/mol. The smallest absolute Gasteiger partial charge is 0.293 e. The minimum absolute atomic E-state index is 0.00730. The summed E-state index contributed by atoms with van der Waals surface area (Å²) < 4.78 is 0. The third-order valence-corrected chi connectivity index (χ3v) is 5.45. The number of nitrogens with one attached hydrogen (secondary N) is 3. The lowest BCUT2D eigenvalue weighted by molar-refractivity contribution is -0.385. The van der Waals surface area contributed by atoms with Gasteiger partial charge in [-0.05, 0) is 57.2 Å². The fraction of sp³-hybridized carbons (Fsp3) is 0.174. The fourth-order valence-electron chi connectivity index (χ4n) is 3.78. The molecule has 162 valence electrons. The van der Waals surface area contributed by atoms with E-state index in [2.05, 4.69) is 20.6 Å². The minimum Gasteiger partial charge on any atom is -0.353 e. The molecule has 1 aliphatic heterocycles. The molecule has 9 nitrogen and oxygen atoms in total. The zero-order valence-corrected chi connectivity index (χ0v) is 17.7.